The summed E-state index contributed by atoms with van der Waals surface area (Å²) in [6.45, 7) is 1.77. The van der Waals surface area contributed by atoms with Crippen LogP contribution in [0.25, 0.3) is 10.8 Å². The van der Waals surface area contributed by atoms with Crippen LogP contribution in [0.4, 0.5) is 17.1 Å². The molecule has 0 heterocycles. The van der Waals surface area contributed by atoms with Crippen molar-refractivity contribution in [3.05, 3.63) is 81.8 Å². The van der Waals surface area contributed by atoms with E-state index >= 15 is 0 Å². The molecule has 0 spiro atoms. The van der Waals surface area contributed by atoms with Crippen molar-refractivity contribution < 1.29 is 57.2 Å². The van der Waals surface area contributed by atoms with Gasteiger partial charge in [0.1, 0.15) is 10.8 Å². The van der Waals surface area contributed by atoms with Crippen LogP contribution in [0.5, 0.6) is 11.5 Å². The standard InChI is InChI=1S/C26H21Cl2N3O6S.Na/c1-3-16-19(27)12-15(38(34,35)36)13-21(16)30-31-24-17-8-5-4-7-14(17)11-18(25(24)32)26(33)29-20-9-6-10-22(37-2)23(20)28;/h4-13,32H,3H2,1-2H3,(H,29,33)(H,34,35,36);/q;+1/p-1. The Balaban J connectivity index is 0.00000420. The van der Waals surface area contributed by atoms with Crippen LogP contribution in [0.15, 0.2) is 75.8 Å². The molecular formula is C26H20Cl2N3NaO6S. The summed E-state index contributed by atoms with van der Waals surface area (Å²) in [5.41, 5.74) is 0.406. The largest absolute Gasteiger partial charge is 1.00 e. The number of nitrogens with zero attached hydrogens (tertiary/aromatic N) is 2. The number of carbonyl (C=O) groups excluding carboxylic acids is 1. The molecule has 0 fully saturated rings. The fourth-order valence-corrected chi connectivity index (χ4v) is 5.01. The van der Waals surface area contributed by atoms with Gasteiger partial charge in [0.25, 0.3) is 16.0 Å². The SMILES string of the molecule is CCc1c(Cl)cc(S(=O)(=O)O)cc1N=Nc1c([O-])c(C(=O)Nc2cccc(OC)c2Cl)cc2ccccc12.[Na+]. The van der Waals surface area contributed by atoms with Gasteiger partial charge in [0.15, 0.2) is 0 Å². The monoisotopic (exact) mass is 595 g/mol. The van der Waals surface area contributed by atoms with Crippen molar-refractivity contribution in [3.8, 4) is 11.5 Å². The number of carbonyl (C=O) groups is 1. The Morgan fingerprint density at radius 3 is 2.46 bits per heavy atom. The second-order valence-corrected chi connectivity index (χ2v) is 10.2. The van der Waals surface area contributed by atoms with E-state index in [1.807, 2.05) is 0 Å². The number of rotatable bonds is 7. The number of amides is 1. The van der Waals surface area contributed by atoms with Gasteiger partial charge in [-0.25, -0.2) is 0 Å². The van der Waals surface area contributed by atoms with E-state index in [1.54, 1.807) is 49.4 Å². The number of fused-ring (bicyclic) bond motifs is 1. The first kappa shape index (κ1) is 30.8. The van der Waals surface area contributed by atoms with E-state index in [4.69, 9.17) is 27.9 Å². The minimum atomic E-state index is -4.58. The molecule has 0 saturated carbocycles. The van der Waals surface area contributed by atoms with Crippen LogP contribution in [-0.4, -0.2) is 26.0 Å². The number of hydrogen-bond acceptors (Lipinski definition) is 7. The molecular weight excluding hydrogens is 576 g/mol. The molecule has 9 nitrogen and oxygen atoms in total. The minimum Gasteiger partial charge on any atom is -0.870 e. The number of nitrogens with one attached hydrogen (secondary N) is 1. The van der Waals surface area contributed by atoms with Gasteiger partial charge in [-0.2, -0.15) is 18.6 Å². The van der Waals surface area contributed by atoms with E-state index in [9.17, 15) is 22.9 Å². The van der Waals surface area contributed by atoms with Gasteiger partial charge in [0.2, 0.25) is 0 Å². The van der Waals surface area contributed by atoms with E-state index in [1.165, 1.54) is 13.2 Å². The van der Waals surface area contributed by atoms with Gasteiger partial charge in [0.05, 0.1) is 29.1 Å². The van der Waals surface area contributed by atoms with Gasteiger partial charge in [-0.05, 0) is 47.7 Å². The molecule has 0 radical (unpaired) electrons. The number of benzene rings is 4. The number of halogens is 2. The zero-order chi connectivity index (χ0) is 27.6. The van der Waals surface area contributed by atoms with E-state index in [-0.39, 0.29) is 62.2 Å². The summed E-state index contributed by atoms with van der Waals surface area (Å²) < 4.78 is 38.0. The number of methoxy groups -OCH3 is 1. The third-order valence-electron chi connectivity index (χ3n) is 5.71. The van der Waals surface area contributed by atoms with Crippen molar-refractivity contribution in [2.24, 2.45) is 10.2 Å². The molecule has 0 unspecified atom stereocenters. The summed E-state index contributed by atoms with van der Waals surface area (Å²) in [5.74, 6) is -1.09. The first-order chi connectivity index (χ1) is 18.0. The van der Waals surface area contributed by atoms with Crippen molar-refractivity contribution in [1.82, 2.24) is 0 Å². The second kappa shape index (κ2) is 12.6. The summed E-state index contributed by atoms with van der Waals surface area (Å²) >= 11 is 12.5. The summed E-state index contributed by atoms with van der Waals surface area (Å²) in [5, 5.41) is 25.5. The predicted molar refractivity (Wildman–Crippen MR) is 144 cm³/mol. The third kappa shape index (κ3) is 6.55. The Hall–Kier alpha value is -2.70. The Labute approximate surface area is 256 Å². The van der Waals surface area contributed by atoms with E-state index in [0.29, 0.717) is 28.5 Å². The predicted octanol–water partition coefficient (Wildman–Crippen LogP) is 3.71. The molecule has 0 aliphatic carbocycles. The molecule has 2 N–H and O–H groups in total. The molecule has 0 aliphatic heterocycles. The molecule has 13 heteroatoms. The van der Waals surface area contributed by atoms with E-state index in [0.717, 1.165) is 12.1 Å². The van der Waals surface area contributed by atoms with Crippen LogP contribution in [0.3, 0.4) is 0 Å². The van der Waals surface area contributed by atoms with Crippen molar-refractivity contribution in [3.63, 3.8) is 0 Å². The molecule has 0 saturated heterocycles. The molecule has 0 bridgehead atoms. The summed E-state index contributed by atoms with van der Waals surface area (Å²) in [7, 11) is -3.14. The fourth-order valence-electron chi connectivity index (χ4n) is 3.82. The van der Waals surface area contributed by atoms with Crippen molar-refractivity contribution in [1.29, 1.82) is 0 Å². The zero-order valence-electron chi connectivity index (χ0n) is 21.0. The maximum atomic E-state index is 13.5. The average molecular weight is 596 g/mol. The van der Waals surface area contributed by atoms with Crippen molar-refractivity contribution in [2.75, 3.05) is 12.4 Å². The number of ether oxygens (including phenoxy) is 1. The molecule has 1 amide bonds. The summed E-state index contributed by atoms with van der Waals surface area (Å²) in [4.78, 5) is 12.7. The smallest absolute Gasteiger partial charge is 0.870 e. The zero-order valence-corrected chi connectivity index (χ0v) is 25.4. The Morgan fingerprint density at radius 1 is 1.08 bits per heavy atom. The van der Waals surface area contributed by atoms with E-state index in [2.05, 4.69) is 15.5 Å². The Morgan fingerprint density at radius 2 is 1.79 bits per heavy atom. The van der Waals surface area contributed by atoms with Gasteiger partial charge in [0, 0.05) is 16.0 Å². The van der Waals surface area contributed by atoms with Gasteiger partial charge >= 0.3 is 29.6 Å². The molecule has 4 aromatic carbocycles. The van der Waals surface area contributed by atoms with Gasteiger partial charge in [-0.15, -0.1) is 0 Å². The quantitative estimate of drug-likeness (QED) is 0.189. The normalized spacial score (nSPS) is 11.4. The first-order valence-corrected chi connectivity index (χ1v) is 13.3. The minimum absolute atomic E-state index is 0. The first-order valence-electron chi connectivity index (χ1n) is 11.1. The van der Waals surface area contributed by atoms with Crippen molar-refractivity contribution in [2.45, 2.75) is 18.2 Å². The van der Waals surface area contributed by atoms with Crippen molar-refractivity contribution >= 4 is 67.1 Å². The summed E-state index contributed by atoms with van der Waals surface area (Å²) in [6.07, 6.45) is 0.369. The van der Waals surface area contributed by atoms with Crippen LogP contribution in [-0.2, 0) is 16.5 Å². The molecule has 4 aromatic rings. The molecule has 39 heavy (non-hydrogen) atoms. The maximum Gasteiger partial charge on any atom is 1.00 e. The Bertz CT molecular complexity index is 1710. The summed E-state index contributed by atoms with van der Waals surface area (Å²) in [6, 6.07) is 15.3. The molecule has 0 atom stereocenters. The number of azo groups is 1. The number of anilines is 1. The second-order valence-electron chi connectivity index (χ2n) is 8.03. The third-order valence-corrected chi connectivity index (χ3v) is 7.26. The molecule has 0 aliphatic rings. The molecule has 196 valence electrons. The van der Waals surface area contributed by atoms with Crippen LogP contribution in [0.1, 0.15) is 22.8 Å². The molecule has 4 rings (SSSR count). The van der Waals surface area contributed by atoms with Gasteiger partial charge < -0.3 is 15.2 Å². The average Bonchev–Trinajstić information content (AvgIpc) is 2.88. The van der Waals surface area contributed by atoms with Crippen LogP contribution >= 0.6 is 23.2 Å². The fraction of sp³-hybridized carbons (Fsp3) is 0.115. The molecule has 0 aromatic heterocycles. The van der Waals surface area contributed by atoms with E-state index < -0.39 is 26.7 Å². The van der Waals surface area contributed by atoms with Crippen LogP contribution in [0, 0.1) is 0 Å². The van der Waals surface area contributed by atoms with Gasteiger partial charge in [-0.3, -0.25) is 9.35 Å². The Kier molecular flexibility index (Phi) is 10.0. The van der Waals surface area contributed by atoms with Crippen LogP contribution in [0.2, 0.25) is 10.0 Å². The van der Waals surface area contributed by atoms with Gasteiger partial charge in [-0.1, -0.05) is 66.2 Å². The maximum absolute atomic E-state index is 13.5. The van der Waals surface area contributed by atoms with Crippen LogP contribution < -0.4 is 44.7 Å². The number of hydrogen-bond donors (Lipinski definition) is 2. The topological polar surface area (TPSA) is 140 Å².